The van der Waals surface area contributed by atoms with Gasteiger partial charge in [-0.05, 0) is 48.5 Å². The number of carbonyl (C=O) groups is 1. The third-order valence-electron chi connectivity index (χ3n) is 5.49. The SMILES string of the molecule is CC(C)OC(=O)N1CCC(Oc2cc(-n3ccc4cc(-n5cnnn5)ccc43)ncn2)CC1. The number of rotatable bonds is 5. The lowest BCUT2D eigenvalue weighted by Gasteiger charge is -2.31. The molecule has 0 atom stereocenters. The van der Waals surface area contributed by atoms with Crippen LogP contribution in [-0.2, 0) is 4.74 Å². The number of piperidine rings is 1. The number of hydrogen-bond donors (Lipinski definition) is 0. The van der Waals surface area contributed by atoms with Crippen LogP contribution in [0.2, 0.25) is 0 Å². The third-order valence-corrected chi connectivity index (χ3v) is 5.49. The van der Waals surface area contributed by atoms with Crippen LogP contribution in [0.1, 0.15) is 26.7 Å². The Hall–Kier alpha value is -4.02. The molecule has 4 aromatic rings. The van der Waals surface area contributed by atoms with Crippen LogP contribution < -0.4 is 4.74 Å². The van der Waals surface area contributed by atoms with Crippen LogP contribution in [0.25, 0.3) is 22.4 Å². The van der Waals surface area contributed by atoms with Crippen LogP contribution in [-0.4, -0.2) is 71.0 Å². The average molecular weight is 448 g/mol. The molecule has 0 bridgehead atoms. The monoisotopic (exact) mass is 448 g/mol. The summed E-state index contributed by atoms with van der Waals surface area (Å²) in [6, 6.07) is 9.80. The molecule has 0 N–H and O–H groups in total. The van der Waals surface area contributed by atoms with Crippen molar-refractivity contribution in [2.75, 3.05) is 13.1 Å². The first kappa shape index (κ1) is 20.9. The van der Waals surface area contributed by atoms with Gasteiger partial charge in [-0.2, -0.15) is 0 Å². The van der Waals surface area contributed by atoms with E-state index in [0.717, 1.165) is 29.4 Å². The van der Waals surface area contributed by atoms with Crippen molar-refractivity contribution in [2.24, 2.45) is 0 Å². The lowest BCUT2D eigenvalue weighted by atomic mass is 10.1. The number of carbonyl (C=O) groups excluding carboxylic acids is 1. The Bertz CT molecular complexity index is 1250. The highest BCUT2D eigenvalue weighted by Gasteiger charge is 2.25. The first-order valence-corrected chi connectivity index (χ1v) is 10.9. The van der Waals surface area contributed by atoms with Gasteiger partial charge in [-0.1, -0.05) is 0 Å². The number of tetrazole rings is 1. The number of likely N-dealkylation sites (tertiary alicyclic amines) is 1. The van der Waals surface area contributed by atoms with Gasteiger partial charge in [0.15, 0.2) is 0 Å². The van der Waals surface area contributed by atoms with Gasteiger partial charge in [0, 0.05) is 43.6 Å². The van der Waals surface area contributed by atoms with Crippen LogP contribution in [0, 0.1) is 0 Å². The number of fused-ring (bicyclic) bond motifs is 1. The second-order valence-corrected chi connectivity index (χ2v) is 8.13. The van der Waals surface area contributed by atoms with E-state index in [1.807, 2.05) is 54.9 Å². The van der Waals surface area contributed by atoms with Crippen molar-refractivity contribution >= 4 is 17.0 Å². The number of hydrogen-bond acceptors (Lipinski definition) is 8. The number of nitrogens with zero attached hydrogens (tertiary/aromatic N) is 8. The highest BCUT2D eigenvalue weighted by atomic mass is 16.6. The van der Waals surface area contributed by atoms with E-state index < -0.39 is 0 Å². The summed E-state index contributed by atoms with van der Waals surface area (Å²) in [5.74, 6) is 1.22. The molecular formula is C22H24N8O3. The summed E-state index contributed by atoms with van der Waals surface area (Å²) >= 11 is 0. The van der Waals surface area contributed by atoms with E-state index in [1.165, 1.54) is 6.33 Å². The Labute approximate surface area is 189 Å². The molecule has 0 spiro atoms. The molecule has 1 amide bonds. The fraction of sp³-hybridized carbons (Fsp3) is 0.364. The fourth-order valence-corrected chi connectivity index (χ4v) is 3.88. The topological polar surface area (TPSA) is 113 Å². The first-order chi connectivity index (χ1) is 16.1. The van der Waals surface area contributed by atoms with Gasteiger partial charge >= 0.3 is 6.09 Å². The predicted octanol–water partition coefficient (Wildman–Crippen LogP) is 2.78. The average Bonchev–Trinajstić information content (AvgIpc) is 3.49. The quantitative estimate of drug-likeness (QED) is 0.458. The minimum atomic E-state index is -0.268. The van der Waals surface area contributed by atoms with Gasteiger partial charge in [0.1, 0.15) is 24.6 Å². The van der Waals surface area contributed by atoms with Crippen molar-refractivity contribution in [2.45, 2.75) is 38.9 Å². The molecule has 4 heterocycles. The Morgan fingerprint density at radius 2 is 1.97 bits per heavy atom. The second kappa shape index (κ2) is 8.85. The van der Waals surface area contributed by atoms with Gasteiger partial charge in [0.05, 0.1) is 17.3 Å². The zero-order valence-corrected chi connectivity index (χ0v) is 18.4. The molecule has 0 aliphatic carbocycles. The maximum Gasteiger partial charge on any atom is 0.410 e. The molecule has 1 aliphatic heterocycles. The molecule has 1 fully saturated rings. The molecule has 0 saturated carbocycles. The van der Waals surface area contributed by atoms with Crippen LogP contribution in [0.15, 0.2) is 49.2 Å². The Morgan fingerprint density at radius 3 is 2.73 bits per heavy atom. The number of ether oxygens (including phenoxy) is 2. The van der Waals surface area contributed by atoms with Crippen LogP contribution in [0.3, 0.4) is 0 Å². The van der Waals surface area contributed by atoms with E-state index in [9.17, 15) is 4.79 Å². The maximum absolute atomic E-state index is 12.1. The second-order valence-electron chi connectivity index (χ2n) is 8.13. The summed E-state index contributed by atoms with van der Waals surface area (Å²) in [5, 5.41) is 12.3. The number of benzene rings is 1. The van der Waals surface area contributed by atoms with Crippen molar-refractivity contribution < 1.29 is 14.3 Å². The molecule has 1 aliphatic rings. The summed E-state index contributed by atoms with van der Waals surface area (Å²) in [6.07, 6.45) is 6.05. The van der Waals surface area contributed by atoms with E-state index >= 15 is 0 Å². The first-order valence-electron chi connectivity index (χ1n) is 10.9. The molecule has 170 valence electrons. The molecule has 0 radical (unpaired) electrons. The van der Waals surface area contributed by atoms with Crippen LogP contribution in [0.5, 0.6) is 5.88 Å². The predicted molar refractivity (Wildman–Crippen MR) is 118 cm³/mol. The molecule has 5 rings (SSSR count). The van der Waals surface area contributed by atoms with Gasteiger partial charge in [0.2, 0.25) is 5.88 Å². The zero-order chi connectivity index (χ0) is 22.8. The normalized spacial score (nSPS) is 14.7. The van der Waals surface area contributed by atoms with Crippen LogP contribution in [0.4, 0.5) is 4.79 Å². The van der Waals surface area contributed by atoms with Gasteiger partial charge < -0.3 is 18.9 Å². The Balaban J connectivity index is 1.28. The summed E-state index contributed by atoms with van der Waals surface area (Å²) in [4.78, 5) is 22.5. The molecule has 11 nitrogen and oxygen atoms in total. The van der Waals surface area contributed by atoms with Gasteiger partial charge in [-0.3, -0.25) is 0 Å². The summed E-state index contributed by atoms with van der Waals surface area (Å²) in [5.41, 5.74) is 1.87. The standard InChI is InChI=1S/C22H24N8O3/c1-15(2)32-22(31)28-8-6-18(7-9-28)33-21-12-20(23-13-24-21)29-10-5-16-11-17(3-4-19(16)29)30-14-25-26-27-30/h3-5,10-15,18H,6-9H2,1-2H3. The molecule has 11 heteroatoms. The summed E-state index contributed by atoms with van der Waals surface area (Å²) in [7, 11) is 0. The third kappa shape index (κ3) is 4.47. The van der Waals surface area contributed by atoms with E-state index in [0.29, 0.717) is 24.8 Å². The van der Waals surface area contributed by atoms with E-state index in [-0.39, 0.29) is 18.3 Å². The molecule has 3 aromatic heterocycles. The molecular weight excluding hydrogens is 424 g/mol. The van der Waals surface area contributed by atoms with E-state index in [1.54, 1.807) is 15.9 Å². The van der Waals surface area contributed by atoms with E-state index in [4.69, 9.17) is 9.47 Å². The molecule has 0 unspecified atom stereocenters. The summed E-state index contributed by atoms with van der Waals surface area (Å²) < 4.78 is 15.0. The van der Waals surface area contributed by atoms with Gasteiger partial charge in [0.25, 0.3) is 0 Å². The minimum absolute atomic E-state index is 0.0175. The lowest BCUT2D eigenvalue weighted by Crippen LogP contribution is -2.42. The van der Waals surface area contributed by atoms with Crippen molar-refractivity contribution in [3.63, 3.8) is 0 Å². The molecule has 33 heavy (non-hydrogen) atoms. The summed E-state index contributed by atoms with van der Waals surface area (Å²) in [6.45, 7) is 4.89. The molecule has 1 aromatic carbocycles. The van der Waals surface area contributed by atoms with Crippen LogP contribution >= 0.6 is 0 Å². The highest BCUT2D eigenvalue weighted by Crippen LogP contribution is 2.24. The van der Waals surface area contributed by atoms with Crippen molar-refractivity contribution in [1.29, 1.82) is 0 Å². The van der Waals surface area contributed by atoms with Gasteiger partial charge in [-0.25, -0.2) is 19.4 Å². The maximum atomic E-state index is 12.1. The smallest absolute Gasteiger partial charge is 0.410 e. The number of aromatic nitrogens is 7. The molecule has 1 saturated heterocycles. The highest BCUT2D eigenvalue weighted by molar-refractivity contribution is 5.83. The van der Waals surface area contributed by atoms with Gasteiger partial charge in [-0.15, -0.1) is 5.10 Å². The lowest BCUT2D eigenvalue weighted by molar-refractivity contribution is 0.0507. The van der Waals surface area contributed by atoms with E-state index in [2.05, 4.69) is 25.5 Å². The van der Waals surface area contributed by atoms with Crippen molar-refractivity contribution in [3.8, 4) is 17.4 Å². The van der Waals surface area contributed by atoms with Crippen molar-refractivity contribution in [3.05, 3.63) is 49.2 Å². The minimum Gasteiger partial charge on any atom is -0.474 e. The fourth-order valence-electron chi connectivity index (χ4n) is 3.88. The largest absolute Gasteiger partial charge is 0.474 e. The van der Waals surface area contributed by atoms with Crippen molar-refractivity contribution in [1.82, 2.24) is 39.6 Å². The number of amides is 1. The Kier molecular flexibility index (Phi) is 5.59. The zero-order valence-electron chi connectivity index (χ0n) is 18.4. The Morgan fingerprint density at radius 1 is 1.12 bits per heavy atom.